The Morgan fingerprint density at radius 1 is 0.783 bits per heavy atom. The molecule has 0 nitrogen and oxygen atoms in total. The van der Waals surface area contributed by atoms with Crippen molar-refractivity contribution in [3.05, 3.63) is 128 Å². The Morgan fingerprint density at radius 2 is 1.52 bits per heavy atom. The lowest BCUT2D eigenvalue weighted by Gasteiger charge is -2.40. The number of allylic oxidation sites excluding steroid dienone is 2. The van der Waals surface area contributed by atoms with Crippen molar-refractivity contribution in [1.82, 2.24) is 0 Å². The van der Waals surface area contributed by atoms with E-state index in [1.54, 1.807) is 33.4 Å². The van der Waals surface area contributed by atoms with Gasteiger partial charge in [-0.1, -0.05) is 143 Å². The summed E-state index contributed by atoms with van der Waals surface area (Å²) in [5, 5.41) is 0. The second-order valence-corrected chi connectivity index (χ2v) is 21.6. The number of hydrogen-bond donors (Lipinski definition) is 0. The minimum atomic E-state index is -1.91. The van der Waals surface area contributed by atoms with E-state index in [0.29, 0.717) is 17.0 Å². The van der Waals surface area contributed by atoms with Crippen LogP contribution < -0.4 is 0 Å². The molecule has 236 valence electrons. The molecule has 0 saturated heterocycles. The Labute approximate surface area is 279 Å². The van der Waals surface area contributed by atoms with E-state index in [1.807, 2.05) is 0 Å². The molecule has 3 aliphatic rings. The van der Waals surface area contributed by atoms with Crippen LogP contribution in [0.2, 0.25) is 13.1 Å². The number of benzene rings is 4. The average Bonchev–Trinajstić information content (AvgIpc) is 3.71. The number of hydrogen-bond acceptors (Lipinski definition) is 0. The third-order valence-electron chi connectivity index (χ3n) is 11.7. The number of fused-ring (bicyclic) bond motifs is 3. The van der Waals surface area contributed by atoms with E-state index in [4.69, 9.17) is 0 Å². The SMILES string of the molecule is CC1=Cc2cc3c(c(-c4cc(C)ccc4C)c2C1)CCC3[Si](C)(C)C1C(C(C)C)=Cc2c(-c3ccc(C(C)(C)C)cc3)cccc21. The Balaban J connectivity index is 1.35. The fourth-order valence-electron chi connectivity index (χ4n) is 9.21. The minimum absolute atomic E-state index is 0.159. The largest absolute Gasteiger partial charge is 0.0683 e. The van der Waals surface area contributed by atoms with Crippen LogP contribution >= 0.6 is 0 Å². The molecule has 4 aromatic rings. The highest BCUT2D eigenvalue weighted by atomic mass is 28.3. The first kappa shape index (κ1) is 31.2. The topological polar surface area (TPSA) is 0 Å². The molecule has 0 radical (unpaired) electrons. The van der Waals surface area contributed by atoms with Gasteiger partial charge in [0.1, 0.15) is 0 Å². The summed E-state index contributed by atoms with van der Waals surface area (Å²) in [6, 6.07) is 26.3. The zero-order valence-corrected chi connectivity index (χ0v) is 30.9. The zero-order valence-electron chi connectivity index (χ0n) is 29.9. The fraction of sp³-hybridized carbons (Fsp3) is 0.378. The standard InChI is InChI=1S/C45H52Si/c1-27(2)37-26-40-34(31-16-18-33(19-17-31)45(6,7)8)12-11-13-36(40)44(37)46(9,10)42-21-20-35-41(42)25-32-22-29(4)24-39(32)43(35)38-23-28(3)14-15-30(38)5/h11-19,22-23,25-27,42,44H,20-21,24H2,1-10H3. The maximum Gasteiger partial charge on any atom is 0.0675 e. The first-order valence-corrected chi connectivity index (χ1v) is 20.8. The van der Waals surface area contributed by atoms with Crippen LogP contribution in [0.4, 0.5) is 0 Å². The van der Waals surface area contributed by atoms with E-state index in [9.17, 15) is 0 Å². The summed E-state index contributed by atoms with van der Waals surface area (Å²) in [6.07, 6.45) is 8.66. The molecule has 2 atom stereocenters. The molecule has 0 N–H and O–H groups in total. The molecule has 0 amide bonds. The van der Waals surface area contributed by atoms with Crippen molar-refractivity contribution in [2.24, 2.45) is 5.92 Å². The van der Waals surface area contributed by atoms with Crippen LogP contribution in [-0.4, -0.2) is 8.07 Å². The monoisotopic (exact) mass is 620 g/mol. The van der Waals surface area contributed by atoms with Crippen LogP contribution in [0.25, 0.3) is 34.4 Å². The molecule has 4 aromatic carbocycles. The molecule has 46 heavy (non-hydrogen) atoms. The van der Waals surface area contributed by atoms with Gasteiger partial charge in [0.2, 0.25) is 0 Å². The molecule has 0 saturated carbocycles. The smallest absolute Gasteiger partial charge is 0.0675 e. The van der Waals surface area contributed by atoms with Crippen LogP contribution in [0, 0.1) is 19.8 Å². The maximum absolute atomic E-state index is 2.72. The highest BCUT2D eigenvalue weighted by Crippen LogP contribution is 2.56. The van der Waals surface area contributed by atoms with Gasteiger partial charge in [0.05, 0.1) is 8.07 Å². The normalized spacial score (nSPS) is 18.8. The first-order chi connectivity index (χ1) is 21.8. The van der Waals surface area contributed by atoms with Crippen molar-refractivity contribution in [2.45, 2.75) is 104 Å². The van der Waals surface area contributed by atoms with E-state index in [2.05, 4.69) is 147 Å². The van der Waals surface area contributed by atoms with E-state index < -0.39 is 8.07 Å². The fourth-order valence-corrected chi connectivity index (χ4v) is 13.9. The van der Waals surface area contributed by atoms with Crippen molar-refractivity contribution in [3.8, 4) is 22.3 Å². The predicted molar refractivity (Wildman–Crippen MR) is 203 cm³/mol. The van der Waals surface area contributed by atoms with Crippen LogP contribution in [0.5, 0.6) is 0 Å². The molecule has 0 heterocycles. The van der Waals surface area contributed by atoms with Crippen LogP contribution in [0.1, 0.15) is 109 Å². The molecule has 2 unspecified atom stereocenters. The molecular weight excluding hydrogens is 569 g/mol. The molecule has 0 fully saturated rings. The Kier molecular flexibility index (Phi) is 7.52. The molecule has 7 rings (SSSR count). The third-order valence-corrected chi connectivity index (χ3v) is 16.2. The lowest BCUT2D eigenvalue weighted by molar-refractivity contribution is 0.590. The zero-order chi connectivity index (χ0) is 32.7. The van der Waals surface area contributed by atoms with Gasteiger partial charge in [-0.15, -0.1) is 0 Å². The summed E-state index contributed by atoms with van der Waals surface area (Å²) < 4.78 is 0. The number of aryl methyl sites for hydroxylation is 2. The summed E-state index contributed by atoms with van der Waals surface area (Å²) in [5.41, 5.74) is 23.8. The lowest BCUT2D eigenvalue weighted by atomic mass is 9.86. The Morgan fingerprint density at radius 3 is 2.22 bits per heavy atom. The van der Waals surface area contributed by atoms with E-state index in [-0.39, 0.29) is 5.41 Å². The van der Waals surface area contributed by atoms with Gasteiger partial charge >= 0.3 is 0 Å². The van der Waals surface area contributed by atoms with E-state index in [0.717, 1.165) is 6.42 Å². The molecular formula is C45H52Si. The molecule has 0 aliphatic heterocycles. The lowest BCUT2D eigenvalue weighted by Crippen LogP contribution is -2.42. The summed E-state index contributed by atoms with van der Waals surface area (Å²) in [4.78, 5) is 0. The maximum atomic E-state index is 2.72. The number of rotatable bonds is 5. The highest BCUT2D eigenvalue weighted by molar-refractivity contribution is 6.81. The van der Waals surface area contributed by atoms with Gasteiger partial charge in [-0.05, 0) is 124 Å². The summed E-state index contributed by atoms with van der Waals surface area (Å²) in [7, 11) is -1.91. The van der Waals surface area contributed by atoms with E-state index in [1.165, 1.54) is 62.9 Å². The van der Waals surface area contributed by atoms with Gasteiger partial charge in [-0.3, -0.25) is 0 Å². The van der Waals surface area contributed by atoms with Crippen molar-refractivity contribution >= 4 is 20.2 Å². The van der Waals surface area contributed by atoms with Gasteiger partial charge in [0, 0.05) is 5.54 Å². The molecule has 0 spiro atoms. The van der Waals surface area contributed by atoms with Gasteiger partial charge in [-0.2, -0.15) is 0 Å². The van der Waals surface area contributed by atoms with Crippen molar-refractivity contribution in [3.63, 3.8) is 0 Å². The van der Waals surface area contributed by atoms with Gasteiger partial charge in [0.15, 0.2) is 0 Å². The second-order valence-electron chi connectivity index (χ2n) is 16.7. The van der Waals surface area contributed by atoms with Gasteiger partial charge < -0.3 is 0 Å². The summed E-state index contributed by atoms with van der Waals surface area (Å²) in [6.45, 7) is 24.1. The van der Waals surface area contributed by atoms with Gasteiger partial charge in [-0.25, -0.2) is 0 Å². The van der Waals surface area contributed by atoms with Crippen LogP contribution in [0.3, 0.4) is 0 Å². The van der Waals surface area contributed by atoms with Crippen molar-refractivity contribution < 1.29 is 0 Å². The molecule has 0 bridgehead atoms. The average molecular weight is 621 g/mol. The summed E-state index contributed by atoms with van der Waals surface area (Å²) in [5.74, 6) is 0.525. The van der Waals surface area contributed by atoms with E-state index >= 15 is 0 Å². The first-order valence-electron chi connectivity index (χ1n) is 17.6. The van der Waals surface area contributed by atoms with Crippen molar-refractivity contribution in [2.75, 3.05) is 0 Å². The van der Waals surface area contributed by atoms with Gasteiger partial charge in [0.25, 0.3) is 0 Å². The quantitative estimate of drug-likeness (QED) is 0.195. The molecule has 1 heteroatoms. The summed E-state index contributed by atoms with van der Waals surface area (Å²) >= 11 is 0. The molecule has 0 aromatic heterocycles. The third kappa shape index (κ3) is 5.01. The van der Waals surface area contributed by atoms with Crippen molar-refractivity contribution in [1.29, 1.82) is 0 Å². The molecule has 3 aliphatic carbocycles. The minimum Gasteiger partial charge on any atom is -0.0683 e. The highest BCUT2D eigenvalue weighted by Gasteiger charge is 2.48. The second kappa shape index (κ2) is 11.1. The Bertz CT molecular complexity index is 1920. The van der Waals surface area contributed by atoms with Crippen LogP contribution in [-0.2, 0) is 18.3 Å². The predicted octanol–water partition coefficient (Wildman–Crippen LogP) is 12.5. The van der Waals surface area contributed by atoms with Crippen LogP contribution in [0.15, 0.2) is 77.9 Å². The Hall–Kier alpha value is -3.42.